The van der Waals surface area contributed by atoms with Gasteiger partial charge in [0.15, 0.2) is 0 Å². The van der Waals surface area contributed by atoms with Crippen LogP contribution in [0, 0.1) is 15.9 Å². The lowest BCUT2D eigenvalue weighted by molar-refractivity contribution is -0.384. The van der Waals surface area contributed by atoms with Crippen LogP contribution >= 0.6 is 0 Å². The molecule has 1 aliphatic heterocycles. The number of nitro benzene ring substituents is 1. The van der Waals surface area contributed by atoms with Crippen molar-refractivity contribution in [2.75, 3.05) is 43.5 Å². The molecule has 2 aromatic carbocycles. The summed E-state index contributed by atoms with van der Waals surface area (Å²) in [7, 11) is 1.44. The lowest BCUT2D eigenvalue weighted by Gasteiger charge is -2.38. The third-order valence-electron chi connectivity index (χ3n) is 5.08. The van der Waals surface area contributed by atoms with Crippen LogP contribution in [-0.2, 0) is 4.79 Å². The standard InChI is InChI=1S/C20H23FN4O4/c1-14(20(26)22-18-13-17(25(27)28)7-8-19(18)29-2)23-9-11-24(12-10-23)16-5-3-15(21)4-6-16/h3-8,13-14H,9-12H2,1-2H3,(H,22,26)/t14-/m0/s1. The van der Waals surface area contributed by atoms with E-state index in [2.05, 4.69) is 10.2 Å². The molecule has 0 aliphatic carbocycles. The van der Waals surface area contributed by atoms with Crippen LogP contribution < -0.4 is 15.0 Å². The Labute approximate surface area is 168 Å². The maximum atomic E-state index is 13.1. The number of amides is 1. The number of anilines is 2. The van der Waals surface area contributed by atoms with Crippen LogP contribution in [0.4, 0.5) is 21.5 Å². The highest BCUT2D eigenvalue weighted by atomic mass is 19.1. The summed E-state index contributed by atoms with van der Waals surface area (Å²) in [5, 5.41) is 13.7. The maximum Gasteiger partial charge on any atom is 0.271 e. The average molecular weight is 402 g/mol. The van der Waals surface area contributed by atoms with Crippen LogP contribution in [-0.4, -0.2) is 55.1 Å². The fourth-order valence-corrected chi connectivity index (χ4v) is 3.33. The minimum absolute atomic E-state index is 0.123. The highest BCUT2D eigenvalue weighted by Gasteiger charge is 2.26. The van der Waals surface area contributed by atoms with Gasteiger partial charge >= 0.3 is 0 Å². The molecule has 154 valence electrons. The Bertz CT molecular complexity index is 883. The van der Waals surface area contributed by atoms with Crippen molar-refractivity contribution in [2.24, 2.45) is 0 Å². The molecule has 1 atom stereocenters. The van der Waals surface area contributed by atoms with Crippen LogP contribution in [0.25, 0.3) is 0 Å². The molecule has 29 heavy (non-hydrogen) atoms. The number of nitrogens with zero attached hydrogens (tertiary/aromatic N) is 3. The third kappa shape index (κ3) is 4.80. The van der Waals surface area contributed by atoms with Gasteiger partial charge in [-0.3, -0.25) is 19.8 Å². The van der Waals surface area contributed by atoms with Gasteiger partial charge in [-0.25, -0.2) is 4.39 Å². The quantitative estimate of drug-likeness (QED) is 0.591. The number of methoxy groups -OCH3 is 1. The number of nitro groups is 1. The Morgan fingerprint density at radius 2 is 1.83 bits per heavy atom. The van der Waals surface area contributed by atoms with Crippen molar-refractivity contribution in [3.05, 3.63) is 58.4 Å². The molecule has 8 nitrogen and oxygen atoms in total. The second-order valence-electron chi connectivity index (χ2n) is 6.81. The van der Waals surface area contributed by atoms with Gasteiger partial charge in [0.1, 0.15) is 11.6 Å². The molecule has 1 N–H and O–H groups in total. The van der Waals surface area contributed by atoms with Crippen LogP contribution in [0.2, 0.25) is 0 Å². The van der Waals surface area contributed by atoms with E-state index in [0.717, 1.165) is 5.69 Å². The molecular formula is C20H23FN4O4. The number of ether oxygens (including phenoxy) is 1. The molecule has 0 saturated carbocycles. The summed E-state index contributed by atoms with van der Waals surface area (Å²) in [5.41, 5.74) is 1.09. The van der Waals surface area contributed by atoms with E-state index < -0.39 is 11.0 Å². The molecule has 1 aliphatic rings. The van der Waals surface area contributed by atoms with E-state index in [1.807, 2.05) is 4.90 Å². The van der Waals surface area contributed by atoms with E-state index >= 15 is 0 Å². The number of benzene rings is 2. The van der Waals surface area contributed by atoms with Gasteiger partial charge in [-0.1, -0.05) is 0 Å². The minimum Gasteiger partial charge on any atom is -0.495 e. The van der Waals surface area contributed by atoms with Gasteiger partial charge in [-0.05, 0) is 37.3 Å². The number of carbonyl (C=O) groups excluding carboxylic acids is 1. The first kappa shape index (κ1) is 20.5. The summed E-state index contributed by atoms with van der Waals surface area (Å²) < 4.78 is 18.3. The van der Waals surface area contributed by atoms with Crippen molar-refractivity contribution in [3.8, 4) is 5.75 Å². The smallest absolute Gasteiger partial charge is 0.271 e. The molecule has 1 saturated heterocycles. The second-order valence-corrected chi connectivity index (χ2v) is 6.81. The van der Waals surface area contributed by atoms with Gasteiger partial charge in [-0.2, -0.15) is 0 Å². The van der Waals surface area contributed by atoms with Crippen molar-refractivity contribution in [1.82, 2.24) is 4.90 Å². The molecule has 1 amide bonds. The minimum atomic E-state index is -0.521. The number of halogens is 1. The zero-order valence-electron chi connectivity index (χ0n) is 16.3. The van der Waals surface area contributed by atoms with Crippen molar-refractivity contribution >= 4 is 23.0 Å². The molecule has 0 spiro atoms. The summed E-state index contributed by atoms with van der Waals surface area (Å²) in [6.45, 7) is 4.55. The largest absolute Gasteiger partial charge is 0.495 e. The van der Waals surface area contributed by atoms with E-state index in [0.29, 0.717) is 31.9 Å². The topological polar surface area (TPSA) is 87.9 Å². The fourth-order valence-electron chi connectivity index (χ4n) is 3.33. The molecule has 0 bridgehead atoms. The lowest BCUT2D eigenvalue weighted by atomic mass is 10.2. The molecule has 3 rings (SSSR count). The highest BCUT2D eigenvalue weighted by molar-refractivity contribution is 5.96. The van der Waals surface area contributed by atoms with E-state index in [4.69, 9.17) is 4.74 Å². The predicted octanol–water partition coefficient (Wildman–Crippen LogP) is 2.89. The van der Waals surface area contributed by atoms with E-state index in [1.54, 1.807) is 19.1 Å². The van der Waals surface area contributed by atoms with Crippen LogP contribution in [0.5, 0.6) is 5.75 Å². The Kier molecular flexibility index (Phi) is 6.28. The summed E-state index contributed by atoms with van der Waals surface area (Å²) in [6.07, 6.45) is 0. The highest BCUT2D eigenvalue weighted by Crippen LogP contribution is 2.29. The number of piperazine rings is 1. The summed E-state index contributed by atoms with van der Waals surface area (Å²) in [5.74, 6) is -0.175. The third-order valence-corrected chi connectivity index (χ3v) is 5.08. The number of rotatable bonds is 6. The summed E-state index contributed by atoms with van der Waals surface area (Å²) in [6, 6.07) is 10.0. The van der Waals surface area contributed by atoms with E-state index in [-0.39, 0.29) is 23.1 Å². The number of nitrogens with one attached hydrogen (secondary N) is 1. The van der Waals surface area contributed by atoms with Crippen LogP contribution in [0.15, 0.2) is 42.5 Å². The molecular weight excluding hydrogens is 379 g/mol. The van der Waals surface area contributed by atoms with Crippen LogP contribution in [0.3, 0.4) is 0 Å². The Balaban J connectivity index is 1.62. The molecule has 0 unspecified atom stereocenters. The Morgan fingerprint density at radius 3 is 2.41 bits per heavy atom. The summed E-state index contributed by atoms with van der Waals surface area (Å²) >= 11 is 0. The molecule has 1 heterocycles. The second kappa shape index (κ2) is 8.87. The number of hydrogen-bond donors (Lipinski definition) is 1. The van der Waals surface area contributed by atoms with E-state index in [9.17, 15) is 19.3 Å². The van der Waals surface area contributed by atoms with Gasteiger partial charge in [-0.15, -0.1) is 0 Å². The number of non-ortho nitro benzene ring substituents is 1. The van der Waals surface area contributed by atoms with Crippen LogP contribution in [0.1, 0.15) is 6.92 Å². The molecule has 1 fully saturated rings. The van der Waals surface area contributed by atoms with Gasteiger partial charge in [0.2, 0.25) is 5.91 Å². The predicted molar refractivity (Wildman–Crippen MR) is 108 cm³/mol. The van der Waals surface area contributed by atoms with Crippen molar-refractivity contribution in [2.45, 2.75) is 13.0 Å². The fraction of sp³-hybridized carbons (Fsp3) is 0.350. The monoisotopic (exact) mass is 402 g/mol. The first-order chi connectivity index (χ1) is 13.9. The number of hydrogen-bond acceptors (Lipinski definition) is 6. The first-order valence-electron chi connectivity index (χ1n) is 9.27. The van der Waals surface area contributed by atoms with Crippen molar-refractivity contribution in [3.63, 3.8) is 0 Å². The van der Waals surface area contributed by atoms with E-state index in [1.165, 1.54) is 37.4 Å². The average Bonchev–Trinajstić information content (AvgIpc) is 2.73. The summed E-state index contributed by atoms with van der Waals surface area (Å²) in [4.78, 5) is 27.4. The molecule has 9 heteroatoms. The molecule has 0 radical (unpaired) electrons. The Morgan fingerprint density at radius 1 is 1.17 bits per heavy atom. The molecule has 0 aromatic heterocycles. The zero-order valence-corrected chi connectivity index (χ0v) is 16.3. The molecule has 2 aromatic rings. The maximum absolute atomic E-state index is 13.1. The Hall–Kier alpha value is -3.20. The first-order valence-corrected chi connectivity index (χ1v) is 9.27. The lowest BCUT2D eigenvalue weighted by Crippen LogP contribution is -2.52. The van der Waals surface area contributed by atoms with Gasteiger partial charge in [0, 0.05) is 44.0 Å². The van der Waals surface area contributed by atoms with Crippen molar-refractivity contribution < 1.29 is 18.8 Å². The van der Waals surface area contributed by atoms with Crippen molar-refractivity contribution in [1.29, 1.82) is 0 Å². The van der Waals surface area contributed by atoms with Gasteiger partial charge < -0.3 is 15.0 Å². The zero-order chi connectivity index (χ0) is 21.0. The SMILES string of the molecule is COc1ccc([N+](=O)[O-])cc1NC(=O)[C@H](C)N1CCN(c2ccc(F)cc2)CC1. The van der Waals surface area contributed by atoms with Gasteiger partial charge in [0.05, 0.1) is 23.8 Å². The number of carbonyl (C=O) groups is 1. The normalized spacial score (nSPS) is 15.6. The van der Waals surface area contributed by atoms with Gasteiger partial charge in [0.25, 0.3) is 5.69 Å².